The Balaban J connectivity index is 1.25. The van der Waals surface area contributed by atoms with Gasteiger partial charge in [0.15, 0.2) is 5.82 Å². The second-order valence-corrected chi connectivity index (χ2v) is 13.5. The first-order valence-corrected chi connectivity index (χ1v) is 16.1. The largest absolute Gasteiger partial charge is 0.508 e. The molecule has 3 aliphatic heterocycles. The quantitative estimate of drug-likeness (QED) is 0.275. The van der Waals surface area contributed by atoms with E-state index in [1.807, 2.05) is 6.07 Å². The third-order valence-electron chi connectivity index (χ3n) is 10.9. The zero-order valence-electron chi connectivity index (χ0n) is 25.2. The molecule has 7 nitrogen and oxygen atoms in total. The fourth-order valence-corrected chi connectivity index (χ4v) is 8.74. The summed E-state index contributed by atoms with van der Waals surface area (Å²) in [5, 5.41) is 15.6. The SMILES string of the molecule is CN1CCC[C@@]2(COc3nc(N4CC[C@H]5CC[C@@H](C4)N5)c4ccc(-c5cc(O)cc6cccc(F)c56)c(F)c4n3)CCC[C@@H]12. The summed E-state index contributed by atoms with van der Waals surface area (Å²) in [6.07, 6.45) is 8.98. The smallest absolute Gasteiger partial charge is 0.319 e. The van der Waals surface area contributed by atoms with Crippen LogP contribution in [0.3, 0.4) is 0 Å². The number of rotatable bonds is 5. The number of hydrogen-bond acceptors (Lipinski definition) is 7. The van der Waals surface area contributed by atoms with Crippen molar-refractivity contribution >= 4 is 27.5 Å². The Hall–Kier alpha value is -3.56. The van der Waals surface area contributed by atoms with Crippen molar-refractivity contribution in [2.75, 3.05) is 38.2 Å². The van der Waals surface area contributed by atoms with Gasteiger partial charge >= 0.3 is 6.01 Å². The summed E-state index contributed by atoms with van der Waals surface area (Å²) in [6.45, 7) is 3.20. The van der Waals surface area contributed by atoms with Gasteiger partial charge in [0.1, 0.15) is 22.9 Å². The number of halogens is 2. The molecule has 0 spiro atoms. The van der Waals surface area contributed by atoms with Crippen molar-refractivity contribution in [3.63, 3.8) is 0 Å². The lowest BCUT2D eigenvalue weighted by atomic mass is 9.76. The molecule has 1 saturated carbocycles. The normalized spacial score (nSPS) is 27.2. The summed E-state index contributed by atoms with van der Waals surface area (Å²) >= 11 is 0. The first-order valence-electron chi connectivity index (χ1n) is 16.1. The van der Waals surface area contributed by atoms with E-state index >= 15 is 8.78 Å². The molecule has 3 saturated heterocycles. The van der Waals surface area contributed by atoms with Gasteiger partial charge in [-0.25, -0.2) is 8.78 Å². The number of phenolic OH excluding ortho intramolecular Hbond substituents is 1. The molecule has 2 bridgehead atoms. The summed E-state index contributed by atoms with van der Waals surface area (Å²) in [6, 6.07) is 12.6. The first-order chi connectivity index (χ1) is 21.4. The number of anilines is 1. The summed E-state index contributed by atoms with van der Waals surface area (Å²) in [4.78, 5) is 14.4. The molecular weight excluding hydrogens is 560 g/mol. The number of fused-ring (bicyclic) bond motifs is 5. The number of benzene rings is 3. The number of nitrogens with one attached hydrogen (secondary N) is 1. The predicted octanol–water partition coefficient (Wildman–Crippen LogP) is 6.41. The van der Waals surface area contributed by atoms with Gasteiger partial charge in [0.2, 0.25) is 0 Å². The lowest BCUT2D eigenvalue weighted by Gasteiger charge is -2.44. The van der Waals surface area contributed by atoms with Crippen LogP contribution in [0.1, 0.15) is 51.4 Å². The van der Waals surface area contributed by atoms with Crippen LogP contribution in [0.4, 0.5) is 14.6 Å². The second kappa shape index (κ2) is 10.8. The van der Waals surface area contributed by atoms with Gasteiger partial charge in [0.25, 0.3) is 0 Å². The van der Waals surface area contributed by atoms with Crippen LogP contribution in [-0.2, 0) is 0 Å². The van der Waals surface area contributed by atoms with Crippen LogP contribution in [0, 0.1) is 17.0 Å². The van der Waals surface area contributed by atoms with Gasteiger partial charge in [0, 0.05) is 53.0 Å². The standard InChI is InChI=1S/C35H39F2N5O2/c1-41-15-4-14-35(13-3-7-29(35)41)20-44-34-39-32-26(33(40-34)42-16-12-22-8-9-23(19-42)38-22)11-10-25(31(32)37)27-18-24(43)17-21-5-2-6-28(36)30(21)27/h2,5-6,10-11,17-18,22-23,29,38,43H,3-4,7-9,12-16,19-20H2,1H3/t22-,23+,29-,35-/m1/s1. The highest BCUT2D eigenvalue weighted by Gasteiger charge is 2.47. The molecule has 0 amide bonds. The summed E-state index contributed by atoms with van der Waals surface area (Å²) in [5.41, 5.74) is 0.669. The van der Waals surface area contributed by atoms with Gasteiger partial charge < -0.3 is 25.0 Å². The zero-order valence-corrected chi connectivity index (χ0v) is 25.2. The van der Waals surface area contributed by atoms with E-state index in [9.17, 15) is 5.11 Å². The zero-order chi connectivity index (χ0) is 30.0. The second-order valence-electron chi connectivity index (χ2n) is 13.5. The molecule has 4 heterocycles. The minimum absolute atomic E-state index is 0.0511. The molecule has 4 fully saturated rings. The average Bonchev–Trinajstić information content (AvgIpc) is 3.59. The van der Waals surface area contributed by atoms with Crippen molar-refractivity contribution in [1.82, 2.24) is 20.2 Å². The number of hydrogen-bond donors (Lipinski definition) is 2. The van der Waals surface area contributed by atoms with Gasteiger partial charge in [-0.1, -0.05) is 24.6 Å². The van der Waals surface area contributed by atoms with Crippen LogP contribution in [-0.4, -0.2) is 71.4 Å². The van der Waals surface area contributed by atoms with Crippen LogP contribution in [0.2, 0.25) is 0 Å². The maximum Gasteiger partial charge on any atom is 0.319 e. The molecule has 8 rings (SSSR count). The number of piperidine rings is 1. The van der Waals surface area contributed by atoms with E-state index in [1.165, 1.54) is 37.5 Å². The van der Waals surface area contributed by atoms with E-state index in [-0.39, 0.29) is 39.2 Å². The van der Waals surface area contributed by atoms with Crippen LogP contribution >= 0.6 is 0 Å². The number of nitrogens with zero attached hydrogens (tertiary/aromatic N) is 4. The Labute approximate surface area is 256 Å². The minimum Gasteiger partial charge on any atom is -0.508 e. The molecular formula is C35H39F2N5O2. The fourth-order valence-electron chi connectivity index (χ4n) is 8.74. The van der Waals surface area contributed by atoms with Gasteiger partial charge in [-0.15, -0.1) is 0 Å². The molecule has 44 heavy (non-hydrogen) atoms. The Morgan fingerprint density at radius 1 is 0.977 bits per heavy atom. The predicted molar refractivity (Wildman–Crippen MR) is 168 cm³/mol. The molecule has 2 N–H and O–H groups in total. The monoisotopic (exact) mass is 599 g/mol. The van der Waals surface area contributed by atoms with Crippen LogP contribution < -0.4 is 15.0 Å². The van der Waals surface area contributed by atoms with Crippen LogP contribution in [0.25, 0.3) is 32.8 Å². The minimum atomic E-state index is -0.574. The van der Waals surface area contributed by atoms with Gasteiger partial charge in [-0.2, -0.15) is 9.97 Å². The highest BCUT2D eigenvalue weighted by molar-refractivity contribution is 6.01. The maximum absolute atomic E-state index is 16.8. The summed E-state index contributed by atoms with van der Waals surface area (Å²) in [7, 11) is 2.21. The molecule has 4 atom stereocenters. The van der Waals surface area contributed by atoms with E-state index in [1.54, 1.807) is 18.2 Å². The number of likely N-dealkylation sites (tertiary alicyclic amines) is 1. The molecule has 4 aliphatic rings. The fraction of sp³-hybridized carbons (Fsp3) is 0.486. The van der Waals surface area contributed by atoms with Crippen molar-refractivity contribution in [3.05, 3.63) is 54.1 Å². The van der Waals surface area contributed by atoms with Crippen LogP contribution in [0.15, 0.2) is 42.5 Å². The van der Waals surface area contributed by atoms with E-state index in [4.69, 9.17) is 14.7 Å². The van der Waals surface area contributed by atoms with Crippen molar-refractivity contribution in [1.29, 1.82) is 0 Å². The number of aromatic nitrogens is 2. The molecule has 3 aromatic carbocycles. The summed E-state index contributed by atoms with van der Waals surface area (Å²) < 4.78 is 38.4. The van der Waals surface area contributed by atoms with Crippen molar-refractivity contribution in [3.8, 4) is 22.9 Å². The number of aromatic hydroxyl groups is 1. The Kier molecular flexibility index (Phi) is 6.86. The average molecular weight is 600 g/mol. The van der Waals surface area contributed by atoms with E-state index in [2.05, 4.69) is 22.2 Å². The molecule has 1 aromatic heterocycles. The first kappa shape index (κ1) is 28.0. The lowest BCUT2D eigenvalue weighted by Crippen LogP contribution is -2.50. The summed E-state index contributed by atoms with van der Waals surface area (Å²) in [5.74, 6) is -0.424. The molecule has 0 radical (unpaired) electrons. The molecule has 1 aliphatic carbocycles. The van der Waals surface area contributed by atoms with E-state index in [0.29, 0.717) is 41.3 Å². The highest BCUT2D eigenvalue weighted by atomic mass is 19.1. The third-order valence-corrected chi connectivity index (χ3v) is 10.9. The van der Waals surface area contributed by atoms with Gasteiger partial charge in [-0.3, -0.25) is 0 Å². The Morgan fingerprint density at radius 2 is 1.84 bits per heavy atom. The van der Waals surface area contributed by atoms with Crippen molar-refractivity contribution in [2.24, 2.45) is 5.41 Å². The van der Waals surface area contributed by atoms with Gasteiger partial charge in [-0.05, 0) is 93.8 Å². The molecule has 9 heteroatoms. The third kappa shape index (κ3) is 4.67. The molecule has 0 unspecified atom stereocenters. The van der Waals surface area contributed by atoms with E-state index in [0.717, 1.165) is 51.7 Å². The number of phenols is 1. The van der Waals surface area contributed by atoms with Crippen molar-refractivity contribution < 1.29 is 18.6 Å². The molecule has 4 aromatic rings. The Bertz CT molecular complexity index is 1750. The maximum atomic E-state index is 16.8. The van der Waals surface area contributed by atoms with Crippen molar-refractivity contribution in [2.45, 2.75) is 69.5 Å². The molecule has 230 valence electrons. The van der Waals surface area contributed by atoms with Crippen LogP contribution in [0.5, 0.6) is 11.8 Å². The highest BCUT2D eigenvalue weighted by Crippen LogP contribution is 2.47. The van der Waals surface area contributed by atoms with Gasteiger partial charge in [0.05, 0.1) is 6.61 Å². The van der Waals surface area contributed by atoms with E-state index < -0.39 is 11.6 Å². The lowest BCUT2D eigenvalue weighted by molar-refractivity contribution is 0.0133. The number of ether oxygens (including phenoxy) is 1. The topological polar surface area (TPSA) is 73.8 Å². The Morgan fingerprint density at radius 3 is 2.75 bits per heavy atom.